The molecule has 0 aliphatic heterocycles. The molecule has 0 rings (SSSR count). The van der Waals surface area contributed by atoms with E-state index >= 15 is 0 Å². The van der Waals surface area contributed by atoms with E-state index in [2.05, 4.69) is 25.1 Å². The molecule has 1 N–H and O–H groups in total. The van der Waals surface area contributed by atoms with Gasteiger partial charge in [-0.1, -0.05) is 38.3 Å². The lowest BCUT2D eigenvalue weighted by Crippen LogP contribution is -2.25. The van der Waals surface area contributed by atoms with Gasteiger partial charge in [-0.25, -0.2) is 0 Å². The van der Waals surface area contributed by atoms with Gasteiger partial charge in [0.15, 0.2) is 0 Å². The van der Waals surface area contributed by atoms with E-state index in [9.17, 15) is 4.79 Å². The number of allylic oxidation sites excluding steroid dienone is 3. The van der Waals surface area contributed by atoms with Crippen LogP contribution in [0.5, 0.6) is 0 Å². The van der Waals surface area contributed by atoms with Crippen LogP contribution in [0.25, 0.3) is 0 Å². The zero-order chi connectivity index (χ0) is 12.6. The molecule has 0 aromatic rings. The third-order valence-corrected chi connectivity index (χ3v) is 2.36. The van der Waals surface area contributed by atoms with Crippen molar-refractivity contribution in [2.24, 2.45) is 5.92 Å². The first-order valence-electron chi connectivity index (χ1n) is 5.66. The summed E-state index contributed by atoms with van der Waals surface area (Å²) in [5.41, 5.74) is 1.59. The van der Waals surface area contributed by atoms with Crippen molar-refractivity contribution >= 4 is 5.91 Å². The fourth-order valence-electron chi connectivity index (χ4n) is 0.930. The fraction of sp³-hybridized carbons (Fsp3) is 0.500. The van der Waals surface area contributed by atoms with E-state index in [1.807, 2.05) is 19.9 Å². The van der Waals surface area contributed by atoms with Crippen molar-refractivity contribution in [1.82, 2.24) is 5.32 Å². The van der Waals surface area contributed by atoms with Gasteiger partial charge in [0, 0.05) is 6.54 Å². The van der Waals surface area contributed by atoms with Crippen LogP contribution >= 0.6 is 0 Å². The Kier molecular flexibility index (Phi) is 7.03. The van der Waals surface area contributed by atoms with E-state index in [0.29, 0.717) is 18.0 Å². The summed E-state index contributed by atoms with van der Waals surface area (Å²) < 4.78 is 0. The quantitative estimate of drug-likeness (QED) is 0.430. The molecule has 2 heteroatoms. The standard InChI is InChI=1S/C14H21NO/c1-6-10-15-14(16)13(7-2)9-8-12(5)11(3)4/h2,8-9,11H,6,10H2,1,3-5H3,(H,15,16)/b12-8+,13-9+. The van der Waals surface area contributed by atoms with Crippen molar-refractivity contribution in [2.45, 2.75) is 34.1 Å². The molecule has 0 bridgehead atoms. The van der Waals surface area contributed by atoms with Crippen LogP contribution in [0.2, 0.25) is 0 Å². The molecule has 0 aromatic heterocycles. The van der Waals surface area contributed by atoms with Crippen LogP contribution in [-0.2, 0) is 4.79 Å². The minimum atomic E-state index is -0.169. The summed E-state index contributed by atoms with van der Waals surface area (Å²) in [4.78, 5) is 11.6. The van der Waals surface area contributed by atoms with Gasteiger partial charge < -0.3 is 5.32 Å². The number of hydrogen-bond donors (Lipinski definition) is 1. The largest absolute Gasteiger partial charge is 0.351 e. The summed E-state index contributed by atoms with van der Waals surface area (Å²) in [6, 6.07) is 0. The second-order valence-corrected chi connectivity index (χ2v) is 4.05. The van der Waals surface area contributed by atoms with Gasteiger partial charge in [-0.15, -0.1) is 6.42 Å². The Hall–Kier alpha value is -1.49. The molecule has 88 valence electrons. The van der Waals surface area contributed by atoms with Gasteiger partial charge in [-0.05, 0) is 25.3 Å². The van der Waals surface area contributed by atoms with E-state index in [-0.39, 0.29) is 5.91 Å². The summed E-state index contributed by atoms with van der Waals surface area (Å²) in [6.45, 7) is 8.89. The summed E-state index contributed by atoms with van der Waals surface area (Å²) in [5.74, 6) is 2.71. The molecular formula is C14H21NO. The number of nitrogens with one attached hydrogen (secondary N) is 1. The molecule has 0 saturated carbocycles. The van der Waals surface area contributed by atoms with Crippen molar-refractivity contribution in [3.05, 3.63) is 23.3 Å². The minimum absolute atomic E-state index is 0.169. The molecule has 0 fully saturated rings. The third-order valence-electron chi connectivity index (χ3n) is 2.36. The van der Waals surface area contributed by atoms with Crippen LogP contribution in [0.15, 0.2) is 23.3 Å². The third kappa shape index (κ3) is 5.41. The van der Waals surface area contributed by atoms with Crippen LogP contribution < -0.4 is 5.32 Å². The van der Waals surface area contributed by atoms with Gasteiger partial charge in [0.25, 0.3) is 5.91 Å². The maximum Gasteiger partial charge on any atom is 0.259 e. The van der Waals surface area contributed by atoms with Crippen LogP contribution in [0.3, 0.4) is 0 Å². The smallest absolute Gasteiger partial charge is 0.259 e. The van der Waals surface area contributed by atoms with E-state index in [1.165, 1.54) is 5.57 Å². The zero-order valence-corrected chi connectivity index (χ0v) is 10.6. The zero-order valence-electron chi connectivity index (χ0n) is 10.6. The predicted octanol–water partition coefficient (Wildman–Crippen LogP) is 2.67. The Morgan fingerprint density at radius 2 is 2.06 bits per heavy atom. The highest BCUT2D eigenvalue weighted by atomic mass is 16.1. The summed E-state index contributed by atoms with van der Waals surface area (Å²) in [7, 11) is 0. The van der Waals surface area contributed by atoms with Crippen molar-refractivity contribution in [2.75, 3.05) is 6.54 Å². The van der Waals surface area contributed by atoms with Gasteiger partial charge in [0.2, 0.25) is 0 Å². The minimum Gasteiger partial charge on any atom is -0.351 e. The van der Waals surface area contributed by atoms with E-state index in [0.717, 1.165) is 6.42 Å². The lowest BCUT2D eigenvalue weighted by atomic mass is 10.0. The first kappa shape index (κ1) is 14.5. The highest BCUT2D eigenvalue weighted by molar-refractivity contribution is 5.97. The second-order valence-electron chi connectivity index (χ2n) is 4.05. The molecule has 1 amide bonds. The molecule has 0 heterocycles. The van der Waals surface area contributed by atoms with Crippen LogP contribution in [-0.4, -0.2) is 12.5 Å². The SMILES string of the molecule is C#C/C(=C\C=C(/C)C(C)C)C(=O)NCCC. The van der Waals surface area contributed by atoms with Gasteiger partial charge >= 0.3 is 0 Å². The van der Waals surface area contributed by atoms with Crippen molar-refractivity contribution in [3.63, 3.8) is 0 Å². The Morgan fingerprint density at radius 1 is 1.44 bits per heavy atom. The van der Waals surface area contributed by atoms with E-state index < -0.39 is 0 Å². The van der Waals surface area contributed by atoms with Crippen molar-refractivity contribution in [3.8, 4) is 12.3 Å². The lowest BCUT2D eigenvalue weighted by molar-refractivity contribution is -0.117. The molecule has 0 aliphatic carbocycles. The van der Waals surface area contributed by atoms with Gasteiger partial charge in [0.05, 0.1) is 5.57 Å². The van der Waals surface area contributed by atoms with Crippen LogP contribution in [0.1, 0.15) is 34.1 Å². The molecule has 0 radical (unpaired) electrons. The Morgan fingerprint density at radius 3 is 2.50 bits per heavy atom. The number of terminal acetylenes is 1. The van der Waals surface area contributed by atoms with Crippen molar-refractivity contribution < 1.29 is 4.79 Å². The molecular weight excluding hydrogens is 198 g/mol. The maximum atomic E-state index is 11.6. The summed E-state index contributed by atoms with van der Waals surface area (Å²) >= 11 is 0. The van der Waals surface area contributed by atoms with E-state index in [4.69, 9.17) is 6.42 Å². The number of amides is 1. The van der Waals surface area contributed by atoms with Gasteiger partial charge in [-0.3, -0.25) is 4.79 Å². The summed E-state index contributed by atoms with van der Waals surface area (Å²) in [5, 5.41) is 2.76. The monoisotopic (exact) mass is 219 g/mol. The first-order valence-corrected chi connectivity index (χ1v) is 5.66. The fourth-order valence-corrected chi connectivity index (χ4v) is 0.930. The van der Waals surface area contributed by atoms with Crippen LogP contribution in [0, 0.1) is 18.3 Å². The Bertz CT molecular complexity index is 329. The number of carbonyl (C=O) groups excluding carboxylic acids is 1. The molecule has 16 heavy (non-hydrogen) atoms. The predicted molar refractivity (Wildman–Crippen MR) is 68.8 cm³/mol. The Balaban J connectivity index is 4.62. The normalized spacial score (nSPS) is 12.5. The van der Waals surface area contributed by atoms with Gasteiger partial charge in [0.1, 0.15) is 0 Å². The number of hydrogen-bond acceptors (Lipinski definition) is 1. The number of rotatable bonds is 5. The molecule has 0 spiro atoms. The highest BCUT2D eigenvalue weighted by Gasteiger charge is 2.04. The average molecular weight is 219 g/mol. The number of carbonyl (C=O) groups is 1. The average Bonchev–Trinajstić information content (AvgIpc) is 2.26. The topological polar surface area (TPSA) is 29.1 Å². The lowest BCUT2D eigenvalue weighted by Gasteiger charge is -2.04. The van der Waals surface area contributed by atoms with E-state index in [1.54, 1.807) is 6.08 Å². The Labute approximate surface area is 98.8 Å². The summed E-state index contributed by atoms with van der Waals surface area (Å²) in [6.07, 6.45) is 9.82. The second kappa shape index (κ2) is 7.76. The molecule has 0 unspecified atom stereocenters. The molecule has 0 saturated heterocycles. The molecule has 0 atom stereocenters. The molecule has 0 aromatic carbocycles. The first-order chi connectivity index (χ1) is 7.52. The maximum absolute atomic E-state index is 11.6. The molecule has 2 nitrogen and oxygen atoms in total. The van der Waals surface area contributed by atoms with Crippen LogP contribution in [0.4, 0.5) is 0 Å². The van der Waals surface area contributed by atoms with Gasteiger partial charge in [-0.2, -0.15) is 0 Å². The highest BCUT2D eigenvalue weighted by Crippen LogP contribution is 2.08. The van der Waals surface area contributed by atoms with Crippen molar-refractivity contribution in [1.29, 1.82) is 0 Å². The molecule has 0 aliphatic rings.